The molecule has 2 aromatic carbocycles. The zero-order chi connectivity index (χ0) is 15.9. The van der Waals surface area contributed by atoms with Crippen molar-refractivity contribution < 1.29 is 4.74 Å². The first-order chi connectivity index (χ1) is 10.6. The molecular weight excluding hydrogens is 270 g/mol. The number of anilines is 1. The van der Waals surface area contributed by atoms with Gasteiger partial charge < -0.3 is 10.1 Å². The fourth-order valence-corrected chi connectivity index (χ4v) is 2.23. The Labute approximate surface area is 134 Å². The Morgan fingerprint density at radius 1 is 0.909 bits per heavy atom. The highest BCUT2D eigenvalue weighted by Gasteiger charge is 2.05. The lowest BCUT2D eigenvalue weighted by Gasteiger charge is -2.14. The largest absolute Gasteiger partial charge is 0.493 e. The molecule has 0 aliphatic heterocycles. The summed E-state index contributed by atoms with van der Waals surface area (Å²) in [6.45, 7) is 10.3. The Balaban J connectivity index is 1.99. The number of hydrogen-bond donors (Lipinski definition) is 1. The molecule has 22 heavy (non-hydrogen) atoms. The van der Waals surface area contributed by atoms with Gasteiger partial charge in [0, 0.05) is 17.8 Å². The van der Waals surface area contributed by atoms with Crippen molar-refractivity contribution in [2.24, 2.45) is 5.92 Å². The van der Waals surface area contributed by atoms with Crippen LogP contribution >= 0.6 is 0 Å². The summed E-state index contributed by atoms with van der Waals surface area (Å²) in [7, 11) is 0. The van der Waals surface area contributed by atoms with E-state index < -0.39 is 0 Å². The second kappa shape index (κ2) is 7.88. The normalized spacial score (nSPS) is 11.0. The van der Waals surface area contributed by atoms with E-state index >= 15 is 0 Å². The van der Waals surface area contributed by atoms with Crippen LogP contribution in [-0.2, 0) is 6.54 Å². The minimum Gasteiger partial charge on any atom is -0.493 e. The van der Waals surface area contributed by atoms with Crippen molar-refractivity contribution in [3.05, 3.63) is 59.7 Å². The quantitative estimate of drug-likeness (QED) is 0.733. The average Bonchev–Trinajstić information content (AvgIpc) is 2.52. The molecule has 0 heterocycles. The molecular formula is C20H27NO. The number of para-hydroxylation sites is 1. The highest BCUT2D eigenvalue weighted by molar-refractivity contribution is 5.47. The topological polar surface area (TPSA) is 21.3 Å². The maximum Gasteiger partial charge on any atom is 0.124 e. The molecule has 0 aliphatic rings. The standard InChI is InChI=1S/C20H27NO/c1-15(2)14-22-20-8-6-5-7-18(20)13-21-19-11-9-17(10-12-19)16(3)4/h5-12,15-16,21H,13-14H2,1-4H3. The SMILES string of the molecule is CC(C)COc1ccccc1CNc1ccc(C(C)C)cc1. The Kier molecular flexibility index (Phi) is 5.88. The number of rotatable bonds is 7. The van der Waals surface area contributed by atoms with E-state index in [1.807, 2.05) is 12.1 Å². The third-order valence-electron chi connectivity index (χ3n) is 3.61. The first kappa shape index (κ1) is 16.4. The van der Waals surface area contributed by atoms with E-state index in [-0.39, 0.29) is 0 Å². The molecule has 0 saturated heterocycles. The number of benzene rings is 2. The van der Waals surface area contributed by atoms with Gasteiger partial charge in [0.05, 0.1) is 6.61 Å². The second-order valence-electron chi connectivity index (χ2n) is 6.44. The summed E-state index contributed by atoms with van der Waals surface area (Å²) in [5, 5.41) is 3.48. The molecule has 2 rings (SSSR count). The smallest absolute Gasteiger partial charge is 0.124 e. The molecule has 0 radical (unpaired) electrons. The van der Waals surface area contributed by atoms with E-state index in [1.165, 1.54) is 11.1 Å². The minimum atomic E-state index is 0.532. The van der Waals surface area contributed by atoms with Crippen molar-refractivity contribution in [2.45, 2.75) is 40.2 Å². The monoisotopic (exact) mass is 297 g/mol. The summed E-state index contributed by atoms with van der Waals surface area (Å²) in [5.41, 5.74) is 3.70. The van der Waals surface area contributed by atoms with Gasteiger partial charge in [-0.2, -0.15) is 0 Å². The van der Waals surface area contributed by atoms with Gasteiger partial charge in [0.2, 0.25) is 0 Å². The van der Waals surface area contributed by atoms with Crippen LogP contribution in [0.1, 0.15) is 44.7 Å². The second-order valence-corrected chi connectivity index (χ2v) is 6.44. The highest BCUT2D eigenvalue weighted by atomic mass is 16.5. The van der Waals surface area contributed by atoms with Crippen LogP contribution in [0.25, 0.3) is 0 Å². The third-order valence-corrected chi connectivity index (χ3v) is 3.61. The van der Waals surface area contributed by atoms with Crippen LogP contribution in [0.4, 0.5) is 5.69 Å². The van der Waals surface area contributed by atoms with Crippen molar-refractivity contribution >= 4 is 5.69 Å². The van der Waals surface area contributed by atoms with E-state index in [1.54, 1.807) is 0 Å². The van der Waals surface area contributed by atoms with Crippen LogP contribution in [0.5, 0.6) is 5.75 Å². The zero-order valence-electron chi connectivity index (χ0n) is 14.1. The highest BCUT2D eigenvalue weighted by Crippen LogP contribution is 2.21. The summed E-state index contributed by atoms with van der Waals surface area (Å²) in [6, 6.07) is 16.9. The lowest BCUT2D eigenvalue weighted by molar-refractivity contribution is 0.269. The minimum absolute atomic E-state index is 0.532. The van der Waals surface area contributed by atoms with Crippen molar-refractivity contribution in [3.8, 4) is 5.75 Å². The van der Waals surface area contributed by atoms with Crippen molar-refractivity contribution in [1.82, 2.24) is 0 Å². The molecule has 118 valence electrons. The lowest BCUT2D eigenvalue weighted by atomic mass is 10.0. The summed E-state index contributed by atoms with van der Waals surface area (Å²) in [6.07, 6.45) is 0. The summed E-state index contributed by atoms with van der Waals surface area (Å²) < 4.78 is 5.90. The number of ether oxygens (including phenoxy) is 1. The molecule has 2 heteroatoms. The van der Waals surface area contributed by atoms with Crippen LogP contribution in [0.2, 0.25) is 0 Å². The predicted molar refractivity (Wildman–Crippen MR) is 94.6 cm³/mol. The Morgan fingerprint density at radius 2 is 1.59 bits per heavy atom. The molecule has 0 fully saturated rings. The van der Waals surface area contributed by atoms with E-state index in [9.17, 15) is 0 Å². The van der Waals surface area contributed by atoms with E-state index in [2.05, 4.69) is 69.4 Å². The molecule has 0 atom stereocenters. The van der Waals surface area contributed by atoms with Crippen molar-refractivity contribution in [3.63, 3.8) is 0 Å². The van der Waals surface area contributed by atoms with E-state index in [0.29, 0.717) is 11.8 Å². The maximum atomic E-state index is 5.90. The maximum absolute atomic E-state index is 5.90. The van der Waals surface area contributed by atoms with Crippen LogP contribution in [0, 0.1) is 5.92 Å². The van der Waals surface area contributed by atoms with E-state index in [4.69, 9.17) is 4.74 Å². The lowest BCUT2D eigenvalue weighted by Crippen LogP contribution is -2.08. The van der Waals surface area contributed by atoms with Gasteiger partial charge >= 0.3 is 0 Å². The summed E-state index contributed by atoms with van der Waals surface area (Å²) in [4.78, 5) is 0. The molecule has 0 saturated carbocycles. The van der Waals surface area contributed by atoms with Crippen molar-refractivity contribution in [1.29, 1.82) is 0 Å². The Bertz CT molecular complexity index is 573. The predicted octanol–water partition coefficient (Wildman–Crippen LogP) is 5.46. The Hall–Kier alpha value is -1.96. The van der Waals surface area contributed by atoms with Gasteiger partial charge in [-0.1, -0.05) is 58.0 Å². The first-order valence-electron chi connectivity index (χ1n) is 8.10. The zero-order valence-corrected chi connectivity index (χ0v) is 14.1. The molecule has 2 aromatic rings. The van der Waals surface area contributed by atoms with Gasteiger partial charge in [-0.05, 0) is 35.6 Å². The molecule has 1 N–H and O–H groups in total. The molecule has 0 unspecified atom stereocenters. The van der Waals surface area contributed by atoms with Crippen LogP contribution in [-0.4, -0.2) is 6.61 Å². The summed E-state index contributed by atoms with van der Waals surface area (Å²) in [5.74, 6) is 2.08. The van der Waals surface area contributed by atoms with Crippen LogP contribution < -0.4 is 10.1 Å². The van der Waals surface area contributed by atoms with Crippen LogP contribution in [0.15, 0.2) is 48.5 Å². The Morgan fingerprint density at radius 3 is 2.23 bits per heavy atom. The third kappa shape index (κ3) is 4.80. The van der Waals surface area contributed by atoms with Gasteiger partial charge in [0.15, 0.2) is 0 Å². The van der Waals surface area contributed by atoms with Gasteiger partial charge in [0.1, 0.15) is 5.75 Å². The number of hydrogen-bond acceptors (Lipinski definition) is 2. The first-order valence-corrected chi connectivity index (χ1v) is 8.10. The molecule has 0 amide bonds. The van der Waals surface area contributed by atoms with Gasteiger partial charge in [-0.25, -0.2) is 0 Å². The molecule has 0 aromatic heterocycles. The van der Waals surface area contributed by atoms with Gasteiger partial charge in [0.25, 0.3) is 0 Å². The molecule has 0 bridgehead atoms. The van der Waals surface area contributed by atoms with Crippen LogP contribution in [0.3, 0.4) is 0 Å². The fourth-order valence-electron chi connectivity index (χ4n) is 2.23. The average molecular weight is 297 g/mol. The molecule has 0 spiro atoms. The fraction of sp³-hybridized carbons (Fsp3) is 0.400. The molecule has 0 aliphatic carbocycles. The van der Waals surface area contributed by atoms with E-state index in [0.717, 1.165) is 24.6 Å². The van der Waals surface area contributed by atoms with Gasteiger partial charge in [-0.3, -0.25) is 0 Å². The number of nitrogens with one attached hydrogen (secondary N) is 1. The summed E-state index contributed by atoms with van der Waals surface area (Å²) >= 11 is 0. The van der Waals surface area contributed by atoms with Crippen molar-refractivity contribution in [2.75, 3.05) is 11.9 Å². The molecule has 2 nitrogen and oxygen atoms in total. The van der Waals surface area contributed by atoms with Gasteiger partial charge in [-0.15, -0.1) is 0 Å².